The summed E-state index contributed by atoms with van der Waals surface area (Å²) >= 11 is 0. The minimum atomic E-state index is -0.314. The zero-order valence-corrected chi connectivity index (χ0v) is 17.6. The molecule has 0 bridgehead atoms. The Kier molecular flexibility index (Phi) is 6.51. The fourth-order valence-corrected chi connectivity index (χ4v) is 4.14. The van der Waals surface area contributed by atoms with Crippen molar-refractivity contribution in [3.8, 4) is 11.5 Å². The molecule has 1 aliphatic heterocycles. The number of rotatable bonds is 8. The molecule has 4 rings (SSSR count). The molecule has 164 valence electrons. The van der Waals surface area contributed by atoms with Crippen LogP contribution in [0.1, 0.15) is 54.6 Å². The van der Waals surface area contributed by atoms with Gasteiger partial charge >= 0.3 is 0 Å². The first-order valence-corrected chi connectivity index (χ1v) is 10.8. The number of fused-ring (bicyclic) bond motifs is 1. The van der Waals surface area contributed by atoms with Gasteiger partial charge in [-0.1, -0.05) is 12.1 Å². The smallest absolute Gasteiger partial charge is 0.170 e. The fraction of sp³-hybridized carbons (Fsp3) is 0.417. The number of likely N-dealkylation sites (tertiary alicyclic amines) is 1. The summed E-state index contributed by atoms with van der Waals surface area (Å²) in [5.41, 5.74) is 1.93. The maximum Gasteiger partial charge on any atom is 0.170 e. The van der Waals surface area contributed by atoms with E-state index in [9.17, 15) is 14.3 Å². The van der Waals surface area contributed by atoms with Crippen LogP contribution >= 0.6 is 0 Å². The Balaban J connectivity index is 1.22. The Morgan fingerprint density at radius 3 is 2.81 bits per heavy atom. The van der Waals surface area contributed by atoms with Gasteiger partial charge < -0.3 is 19.3 Å². The average molecular weight is 426 g/mol. The molecule has 0 atom stereocenters. The number of Topliss-reactive ketones (excluding diaryl/α,β-unsaturated/α-hetero) is 1. The van der Waals surface area contributed by atoms with E-state index < -0.39 is 0 Å². The van der Waals surface area contributed by atoms with Crippen LogP contribution < -0.4 is 4.74 Å². The van der Waals surface area contributed by atoms with E-state index in [4.69, 9.17) is 9.26 Å². The number of phenolic OH excluding ortho intramolecular Hbond substituents is 1. The molecular weight excluding hydrogens is 399 g/mol. The van der Waals surface area contributed by atoms with Crippen LogP contribution in [-0.2, 0) is 0 Å². The molecule has 0 unspecified atom stereocenters. The number of nitrogens with zero attached hydrogens (tertiary/aromatic N) is 2. The van der Waals surface area contributed by atoms with Crippen molar-refractivity contribution in [3.05, 3.63) is 53.5 Å². The third-order valence-corrected chi connectivity index (χ3v) is 5.91. The molecule has 6 nitrogen and oxygen atoms in total. The van der Waals surface area contributed by atoms with Crippen LogP contribution in [0.5, 0.6) is 11.5 Å². The summed E-state index contributed by atoms with van der Waals surface area (Å²) in [5, 5.41) is 15.2. The Morgan fingerprint density at radius 2 is 2.06 bits per heavy atom. The molecule has 7 heteroatoms. The average Bonchev–Trinajstić information content (AvgIpc) is 3.20. The summed E-state index contributed by atoms with van der Waals surface area (Å²) in [6, 6.07) is 9.39. The second-order valence-corrected chi connectivity index (χ2v) is 7.99. The summed E-state index contributed by atoms with van der Waals surface area (Å²) in [6.07, 6.45) is 3.20. The van der Waals surface area contributed by atoms with Gasteiger partial charge in [0.25, 0.3) is 0 Å². The van der Waals surface area contributed by atoms with Crippen molar-refractivity contribution in [1.29, 1.82) is 0 Å². The van der Waals surface area contributed by atoms with Crippen molar-refractivity contribution in [2.75, 3.05) is 26.2 Å². The van der Waals surface area contributed by atoms with Crippen LogP contribution in [0, 0.1) is 5.82 Å². The van der Waals surface area contributed by atoms with Gasteiger partial charge in [-0.15, -0.1) is 0 Å². The second-order valence-electron chi connectivity index (χ2n) is 7.99. The van der Waals surface area contributed by atoms with Gasteiger partial charge in [0.2, 0.25) is 0 Å². The summed E-state index contributed by atoms with van der Waals surface area (Å²) in [7, 11) is 0. The number of aromatic nitrogens is 1. The van der Waals surface area contributed by atoms with Crippen molar-refractivity contribution >= 4 is 16.8 Å². The molecule has 1 aliphatic rings. The van der Waals surface area contributed by atoms with Crippen LogP contribution in [0.3, 0.4) is 0 Å². The third kappa shape index (κ3) is 4.88. The van der Waals surface area contributed by atoms with Crippen LogP contribution in [-0.4, -0.2) is 47.2 Å². The van der Waals surface area contributed by atoms with Crippen molar-refractivity contribution in [2.45, 2.75) is 38.5 Å². The highest BCUT2D eigenvalue weighted by Gasteiger charge is 2.25. The number of ketones is 1. The van der Waals surface area contributed by atoms with Gasteiger partial charge in [0.15, 0.2) is 22.9 Å². The number of carbonyl (C=O) groups is 1. The number of halogens is 1. The van der Waals surface area contributed by atoms with E-state index in [2.05, 4.69) is 10.1 Å². The lowest BCUT2D eigenvalue weighted by molar-refractivity contribution is 0.0987. The summed E-state index contributed by atoms with van der Waals surface area (Å²) in [6.45, 7) is 5.11. The van der Waals surface area contributed by atoms with Crippen molar-refractivity contribution in [1.82, 2.24) is 10.1 Å². The third-order valence-electron chi connectivity index (χ3n) is 5.91. The van der Waals surface area contributed by atoms with Crippen LogP contribution in [0.2, 0.25) is 0 Å². The zero-order chi connectivity index (χ0) is 21.8. The molecule has 0 amide bonds. The van der Waals surface area contributed by atoms with Crippen molar-refractivity contribution in [3.63, 3.8) is 0 Å². The molecule has 0 aliphatic carbocycles. The Bertz CT molecular complexity index is 1060. The predicted molar refractivity (Wildman–Crippen MR) is 115 cm³/mol. The minimum absolute atomic E-state index is 0.000154. The normalized spacial score (nSPS) is 15.4. The number of hydrogen-bond donors (Lipinski definition) is 1. The van der Waals surface area contributed by atoms with E-state index in [1.165, 1.54) is 18.2 Å². The Hall–Kier alpha value is -2.93. The molecule has 0 spiro atoms. The first-order chi connectivity index (χ1) is 15.0. The van der Waals surface area contributed by atoms with Gasteiger partial charge in [0, 0.05) is 35.9 Å². The van der Waals surface area contributed by atoms with Crippen LogP contribution in [0.15, 0.2) is 40.9 Å². The monoisotopic (exact) mass is 426 g/mol. The number of phenols is 1. The highest BCUT2D eigenvalue weighted by molar-refractivity contribution is 5.96. The molecule has 3 aromatic rings. The van der Waals surface area contributed by atoms with Crippen molar-refractivity contribution < 1.29 is 23.6 Å². The summed E-state index contributed by atoms with van der Waals surface area (Å²) in [5.74, 6) is 0.406. The largest absolute Gasteiger partial charge is 0.504 e. The molecule has 31 heavy (non-hydrogen) atoms. The molecule has 0 saturated carbocycles. The number of benzene rings is 2. The maximum absolute atomic E-state index is 13.3. The van der Waals surface area contributed by atoms with E-state index in [1.807, 2.05) is 0 Å². The van der Waals surface area contributed by atoms with Gasteiger partial charge in [-0.05, 0) is 62.7 Å². The lowest BCUT2D eigenvalue weighted by Gasteiger charge is -2.31. The molecule has 1 fully saturated rings. The maximum atomic E-state index is 13.3. The fourth-order valence-electron chi connectivity index (χ4n) is 4.14. The van der Waals surface area contributed by atoms with E-state index in [1.54, 1.807) is 25.1 Å². The summed E-state index contributed by atoms with van der Waals surface area (Å²) in [4.78, 5) is 14.1. The summed E-state index contributed by atoms with van der Waals surface area (Å²) < 4.78 is 24.4. The zero-order valence-electron chi connectivity index (χ0n) is 17.6. The van der Waals surface area contributed by atoms with Crippen LogP contribution in [0.4, 0.5) is 4.39 Å². The molecular formula is C24H27FN2O4. The van der Waals surface area contributed by atoms with Gasteiger partial charge in [-0.25, -0.2) is 4.39 Å². The molecule has 1 aromatic heterocycles. The topological polar surface area (TPSA) is 75.8 Å². The number of piperidine rings is 1. The molecule has 1 saturated heterocycles. The van der Waals surface area contributed by atoms with E-state index in [0.717, 1.165) is 50.0 Å². The molecule has 0 radical (unpaired) electrons. The highest BCUT2D eigenvalue weighted by atomic mass is 19.1. The van der Waals surface area contributed by atoms with Gasteiger partial charge in [-0.2, -0.15) is 0 Å². The van der Waals surface area contributed by atoms with Gasteiger partial charge in [0.1, 0.15) is 5.82 Å². The predicted octanol–water partition coefficient (Wildman–Crippen LogP) is 4.91. The first-order valence-electron chi connectivity index (χ1n) is 10.8. The Labute approximate surface area is 180 Å². The lowest BCUT2D eigenvalue weighted by atomic mass is 9.91. The second kappa shape index (κ2) is 9.47. The number of carbonyl (C=O) groups excluding carboxylic acids is 1. The molecule has 1 N–H and O–H groups in total. The minimum Gasteiger partial charge on any atom is -0.504 e. The van der Waals surface area contributed by atoms with E-state index in [-0.39, 0.29) is 17.3 Å². The van der Waals surface area contributed by atoms with Crippen LogP contribution in [0.25, 0.3) is 11.0 Å². The number of ether oxygens (including phenoxy) is 1. The SMILES string of the molecule is CCC(=O)c1ccc(OCCCN2CCC(c3noc4cc(F)ccc34)CC2)c(O)c1. The molecule has 2 heterocycles. The van der Waals surface area contributed by atoms with Gasteiger partial charge in [0.05, 0.1) is 12.3 Å². The van der Waals surface area contributed by atoms with E-state index in [0.29, 0.717) is 35.8 Å². The van der Waals surface area contributed by atoms with Crippen molar-refractivity contribution in [2.24, 2.45) is 0 Å². The molecule has 2 aromatic carbocycles. The quantitative estimate of drug-likeness (QED) is 0.407. The lowest BCUT2D eigenvalue weighted by Crippen LogP contribution is -2.34. The standard InChI is InChI=1S/C24H27FN2O4/c1-2-20(28)17-4-7-22(21(29)14-17)30-13-3-10-27-11-8-16(9-12-27)24-19-6-5-18(25)15-23(19)31-26-24/h4-7,14-16,29H,2-3,8-13H2,1H3. The number of hydrogen-bond acceptors (Lipinski definition) is 6. The highest BCUT2D eigenvalue weighted by Crippen LogP contribution is 2.33. The Morgan fingerprint density at radius 1 is 1.26 bits per heavy atom. The van der Waals surface area contributed by atoms with E-state index >= 15 is 0 Å². The van der Waals surface area contributed by atoms with Gasteiger partial charge in [-0.3, -0.25) is 4.79 Å². The first kappa shape index (κ1) is 21.3. The number of aromatic hydroxyl groups is 1.